The van der Waals surface area contributed by atoms with Crippen LogP contribution in [0.1, 0.15) is 11.1 Å². The number of nitrogens with zero attached hydrogens (tertiary/aromatic N) is 2. The van der Waals surface area contributed by atoms with E-state index in [1.807, 2.05) is 4.83 Å². The van der Waals surface area contributed by atoms with Crippen LogP contribution in [0.3, 0.4) is 0 Å². The Labute approximate surface area is 148 Å². The molecular weight excluding hydrogens is 366 g/mol. The lowest BCUT2D eigenvalue weighted by atomic mass is 10.2. The highest BCUT2D eigenvalue weighted by molar-refractivity contribution is 7.89. The summed E-state index contributed by atoms with van der Waals surface area (Å²) in [7, 11) is -2.76. The molecule has 2 aromatic rings. The normalized spacial score (nSPS) is 11.5. The number of hydrogen-bond donors (Lipinski definition) is 3. The molecule has 0 heterocycles. The molecule has 26 heavy (non-hydrogen) atoms. The van der Waals surface area contributed by atoms with Crippen LogP contribution in [0.5, 0.6) is 17.2 Å². The number of nitrogens with one attached hydrogen (secondary N) is 1. The Morgan fingerprint density at radius 2 is 1.92 bits per heavy atom. The number of sulfonamides is 1. The van der Waals surface area contributed by atoms with Crippen molar-refractivity contribution in [1.29, 1.82) is 0 Å². The van der Waals surface area contributed by atoms with Crippen LogP contribution >= 0.6 is 0 Å². The molecule has 0 amide bonds. The topological polar surface area (TPSA) is 151 Å². The Balaban J connectivity index is 2.32. The van der Waals surface area contributed by atoms with Gasteiger partial charge in [0.2, 0.25) is 0 Å². The van der Waals surface area contributed by atoms with Crippen molar-refractivity contribution < 1.29 is 28.3 Å². The molecule has 3 N–H and O–H groups in total. The minimum Gasteiger partial charge on any atom is -0.507 e. The fraction of sp³-hybridized carbons (Fsp3) is 0.133. The van der Waals surface area contributed by atoms with E-state index >= 15 is 0 Å². The van der Waals surface area contributed by atoms with Gasteiger partial charge in [-0.3, -0.25) is 10.1 Å². The molecule has 2 aromatic carbocycles. The summed E-state index contributed by atoms with van der Waals surface area (Å²) in [6.07, 6.45) is 0.877. The van der Waals surface area contributed by atoms with Crippen LogP contribution in [0.15, 0.2) is 40.3 Å². The van der Waals surface area contributed by atoms with E-state index in [1.54, 1.807) is 13.0 Å². The largest absolute Gasteiger partial charge is 0.507 e. The van der Waals surface area contributed by atoms with E-state index < -0.39 is 32.1 Å². The Morgan fingerprint density at radius 1 is 1.23 bits per heavy atom. The van der Waals surface area contributed by atoms with E-state index in [0.717, 1.165) is 18.3 Å². The molecule has 0 aromatic heterocycles. The molecule has 11 heteroatoms. The van der Waals surface area contributed by atoms with E-state index in [-0.39, 0.29) is 16.2 Å². The molecule has 0 spiro atoms. The molecule has 0 saturated heterocycles. The summed E-state index contributed by atoms with van der Waals surface area (Å²) in [6, 6.07) is 6.17. The molecule has 10 nitrogen and oxygen atoms in total. The molecule has 0 atom stereocenters. The Bertz CT molecular complexity index is 987. The predicted octanol–water partition coefficient (Wildman–Crippen LogP) is 1.64. The fourth-order valence-corrected chi connectivity index (χ4v) is 3.09. The lowest BCUT2D eigenvalue weighted by Gasteiger charge is -2.09. The summed E-state index contributed by atoms with van der Waals surface area (Å²) in [5.74, 6) is -1.12. The molecule has 0 fully saturated rings. The van der Waals surface area contributed by atoms with Crippen molar-refractivity contribution in [1.82, 2.24) is 4.83 Å². The van der Waals surface area contributed by atoms with Gasteiger partial charge in [-0.2, -0.15) is 18.4 Å². The highest BCUT2D eigenvalue weighted by Gasteiger charge is 2.20. The van der Waals surface area contributed by atoms with Crippen molar-refractivity contribution in [3.63, 3.8) is 0 Å². The standard InChI is InChI=1S/C15H15N3O7S/c1-9-3-4-14(25-2)15(5-9)26(23,24)17-16-8-10-6-11(18(21)22)13(20)7-12(10)19/h3-8,17,19-20H,1-2H3/b16-8+. The van der Waals surface area contributed by atoms with Crippen LogP contribution in [-0.2, 0) is 10.0 Å². The van der Waals surface area contributed by atoms with Crippen molar-refractivity contribution >= 4 is 21.9 Å². The van der Waals surface area contributed by atoms with Crippen molar-refractivity contribution in [3.05, 3.63) is 51.6 Å². The number of phenols is 2. The highest BCUT2D eigenvalue weighted by atomic mass is 32.2. The third-order valence-corrected chi connectivity index (χ3v) is 4.55. The SMILES string of the molecule is COc1ccc(C)cc1S(=O)(=O)N/N=C/c1cc([N+](=O)[O-])c(O)cc1O. The van der Waals surface area contributed by atoms with Gasteiger partial charge in [0.05, 0.1) is 18.2 Å². The number of hydrogen-bond acceptors (Lipinski definition) is 8. The van der Waals surface area contributed by atoms with Gasteiger partial charge in [-0.15, -0.1) is 0 Å². The van der Waals surface area contributed by atoms with Crippen molar-refractivity contribution in [2.24, 2.45) is 5.10 Å². The maximum atomic E-state index is 12.4. The van der Waals surface area contributed by atoms with E-state index in [1.165, 1.54) is 19.2 Å². The summed E-state index contributed by atoms with van der Waals surface area (Å²) >= 11 is 0. The first-order chi connectivity index (χ1) is 12.2. The number of phenolic OH excluding ortho intramolecular Hbond substituents is 2. The number of rotatable bonds is 6. The molecule has 0 bridgehead atoms. The summed E-state index contributed by atoms with van der Waals surface area (Å²) < 4.78 is 29.7. The summed E-state index contributed by atoms with van der Waals surface area (Å²) in [6.45, 7) is 1.70. The van der Waals surface area contributed by atoms with Crippen molar-refractivity contribution in [3.8, 4) is 17.2 Å². The molecular formula is C15H15N3O7S. The van der Waals surface area contributed by atoms with Gasteiger partial charge in [-0.1, -0.05) is 6.07 Å². The van der Waals surface area contributed by atoms with Gasteiger partial charge in [0.25, 0.3) is 10.0 Å². The first-order valence-corrected chi connectivity index (χ1v) is 8.54. The van der Waals surface area contributed by atoms with Gasteiger partial charge in [-0.05, 0) is 24.6 Å². The number of aromatic hydroxyl groups is 2. The van der Waals surface area contributed by atoms with Gasteiger partial charge < -0.3 is 14.9 Å². The smallest absolute Gasteiger partial charge is 0.311 e. The third-order valence-electron chi connectivity index (χ3n) is 3.31. The van der Waals surface area contributed by atoms with Crippen LogP contribution in [0.25, 0.3) is 0 Å². The number of nitro benzene ring substituents is 1. The summed E-state index contributed by atoms with van der Waals surface area (Å²) in [4.78, 5) is 11.7. The second-order valence-corrected chi connectivity index (χ2v) is 6.79. The second kappa shape index (κ2) is 7.27. The third kappa shape index (κ3) is 4.00. The highest BCUT2D eigenvalue weighted by Crippen LogP contribution is 2.32. The van der Waals surface area contributed by atoms with Gasteiger partial charge in [0.1, 0.15) is 16.4 Å². The van der Waals surface area contributed by atoms with E-state index in [9.17, 15) is 28.7 Å². The molecule has 0 aliphatic heterocycles. The molecule has 138 valence electrons. The minimum absolute atomic E-state index is 0.112. The summed E-state index contributed by atoms with van der Waals surface area (Å²) in [5.41, 5.74) is -0.136. The lowest BCUT2D eigenvalue weighted by Crippen LogP contribution is -2.19. The zero-order valence-electron chi connectivity index (χ0n) is 13.7. The average molecular weight is 381 g/mol. The molecule has 0 aliphatic carbocycles. The number of aryl methyl sites for hydroxylation is 1. The van der Waals surface area contributed by atoms with Crippen LogP contribution < -0.4 is 9.57 Å². The molecule has 0 saturated carbocycles. The van der Waals surface area contributed by atoms with E-state index in [0.29, 0.717) is 5.56 Å². The van der Waals surface area contributed by atoms with Crippen molar-refractivity contribution in [2.45, 2.75) is 11.8 Å². The number of ether oxygens (including phenoxy) is 1. The van der Waals surface area contributed by atoms with Gasteiger partial charge in [0.15, 0.2) is 5.75 Å². The first kappa shape index (κ1) is 19.0. The maximum absolute atomic E-state index is 12.4. The number of hydrazone groups is 1. The monoisotopic (exact) mass is 381 g/mol. The molecule has 0 unspecified atom stereocenters. The number of benzene rings is 2. The van der Waals surface area contributed by atoms with E-state index in [2.05, 4.69) is 5.10 Å². The fourth-order valence-electron chi connectivity index (χ4n) is 2.04. The second-order valence-electron chi connectivity index (χ2n) is 5.16. The predicted molar refractivity (Wildman–Crippen MR) is 92.1 cm³/mol. The van der Waals surface area contributed by atoms with Gasteiger partial charge >= 0.3 is 5.69 Å². The average Bonchev–Trinajstić information content (AvgIpc) is 2.56. The van der Waals surface area contributed by atoms with Crippen LogP contribution in [-0.4, -0.2) is 36.9 Å². The van der Waals surface area contributed by atoms with Crippen molar-refractivity contribution in [2.75, 3.05) is 7.11 Å². The van der Waals surface area contributed by atoms with Gasteiger partial charge in [0, 0.05) is 17.7 Å². The number of nitro groups is 1. The lowest BCUT2D eigenvalue weighted by molar-refractivity contribution is -0.385. The zero-order chi connectivity index (χ0) is 19.5. The molecule has 2 rings (SSSR count). The van der Waals surface area contributed by atoms with Gasteiger partial charge in [-0.25, -0.2) is 0 Å². The zero-order valence-corrected chi connectivity index (χ0v) is 14.5. The Hall–Kier alpha value is -3.34. The molecule has 0 aliphatic rings. The van der Waals surface area contributed by atoms with Crippen LogP contribution in [0.2, 0.25) is 0 Å². The first-order valence-electron chi connectivity index (χ1n) is 7.05. The van der Waals surface area contributed by atoms with Crippen LogP contribution in [0, 0.1) is 17.0 Å². The minimum atomic E-state index is -4.08. The van der Waals surface area contributed by atoms with Crippen LogP contribution in [0.4, 0.5) is 5.69 Å². The Morgan fingerprint density at radius 3 is 2.54 bits per heavy atom. The van der Waals surface area contributed by atoms with E-state index in [4.69, 9.17) is 4.74 Å². The summed E-state index contributed by atoms with van der Waals surface area (Å²) in [5, 5.41) is 33.4. The maximum Gasteiger partial charge on any atom is 0.311 e. The quantitative estimate of drug-likeness (QED) is 0.391. The number of methoxy groups -OCH3 is 1. The molecule has 0 radical (unpaired) electrons. The Kier molecular flexibility index (Phi) is 5.31.